The first-order valence-electron chi connectivity index (χ1n) is 16.7. The number of allylic oxidation sites excluding steroid dienone is 1. The number of carbonyl (C=O) groups excluding carboxylic acids is 1. The molecule has 0 saturated heterocycles. The molecule has 0 unspecified atom stereocenters. The van der Waals surface area contributed by atoms with E-state index < -0.39 is 27.1 Å². The monoisotopic (exact) mass is 729 g/mol. The molecule has 1 aromatic heterocycles. The number of hydrogen-bond donors (Lipinski definition) is 3. The van der Waals surface area contributed by atoms with Gasteiger partial charge in [0.05, 0.1) is 30.1 Å². The Bertz CT molecular complexity index is 2040. The van der Waals surface area contributed by atoms with Crippen LogP contribution < -0.4 is 15.4 Å². The Balaban J connectivity index is 1.14. The summed E-state index contributed by atoms with van der Waals surface area (Å²) in [7, 11) is -2.47. The van der Waals surface area contributed by atoms with Gasteiger partial charge in [-0.05, 0) is 70.6 Å². The molecule has 2 heterocycles. The van der Waals surface area contributed by atoms with Crippen molar-refractivity contribution in [1.82, 2.24) is 14.6 Å². The molecule has 1 amide bonds. The van der Waals surface area contributed by atoms with E-state index in [-0.39, 0.29) is 55.1 Å². The van der Waals surface area contributed by atoms with Crippen LogP contribution in [0.2, 0.25) is 0 Å². The van der Waals surface area contributed by atoms with E-state index in [2.05, 4.69) is 39.9 Å². The molecule has 52 heavy (non-hydrogen) atoms. The number of methoxy groups -OCH3 is 1. The van der Waals surface area contributed by atoms with Crippen LogP contribution in [-0.2, 0) is 30.7 Å². The Kier molecular flexibility index (Phi) is 11.4. The number of nitro groups is 1. The summed E-state index contributed by atoms with van der Waals surface area (Å²) in [5.74, 6) is 0.293. The highest BCUT2D eigenvalue weighted by Crippen LogP contribution is 2.40. The molecule has 0 spiro atoms. The fraction of sp³-hybridized carbons (Fsp3) is 0.297. The molecule has 1 aliphatic carbocycles. The van der Waals surface area contributed by atoms with Gasteiger partial charge in [-0.15, -0.1) is 0 Å². The number of ether oxygens (including phenoxy) is 3. The highest BCUT2D eigenvalue weighted by Gasteiger charge is 2.31. The zero-order valence-electron chi connectivity index (χ0n) is 28.4. The first kappa shape index (κ1) is 36.4. The van der Waals surface area contributed by atoms with Crippen LogP contribution >= 0.6 is 0 Å². The summed E-state index contributed by atoms with van der Waals surface area (Å²) in [5.41, 5.74) is 5.70. The summed E-state index contributed by atoms with van der Waals surface area (Å²) in [6, 6.07) is 23.4. The molecule has 3 aromatic carbocycles. The predicted molar refractivity (Wildman–Crippen MR) is 192 cm³/mol. The summed E-state index contributed by atoms with van der Waals surface area (Å²) in [6.45, 7) is -0.160. The molecule has 0 fully saturated rings. The van der Waals surface area contributed by atoms with Gasteiger partial charge in [-0.25, -0.2) is 13.4 Å². The summed E-state index contributed by atoms with van der Waals surface area (Å²) in [5, 5.41) is 26.4. The molecule has 15 heteroatoms. The van der Waals surface area contributed by atoms with Crippen molar-refractivity contribution in [3.05, 3.63) is 124 Å². The Morgan fingerprint density at radius 2 is 1.83 bits per heavy atom. The average Bonchev–Trinajstić information content (AvgIpc) is 3.54. The maximum absolute atomic E-state index is 13.4. The van der Waals surface area contributed by atoms with Crippen LogP contribution in [0, 0.1) is 10.1 Å². The zero-order valence-corrected chi connectivity index (χ0v) is 29.3. The van der Waals surface area contributed by atoms with Crippen LogP contribution in [0.25, 0.3) is 11.1 Å². The topological polar surface area (TPSA) is 182 Å². The highest BCUT2D eigenvalue weighted by molar-refractivity contribution is 7.89. The van der Waals surface area contributed by atoms with Gasteiger partial charge in [0.25, 0.3) is 11.6 Å². The third-order valence-electron chi connectivity index (χ3n) is 8.89. The van der Waals surface area contributed by atoms with Crippen LogP contribution in [0.5, 0.6) is 5.75 Å². The minimum atomic E-state index is -3.96. The van der Waals surface area contributed by atoms with Gasteiger partial charge in [-0.3, -0.25) is 14.9 Å². The van der Waals surface area contributed by atoms with E-state index in [1.807, 2.05) is 18.2 Å². The van der Waals surface area contributed by atoms with E-state index in [9.17, 15) is 28.4 Å². The van der Waals surface area contributed by atoms with Crippen LogP contribution in [0.1, 0.15) is 29.0 Å². The van der Waals surface area contributed by atoms with Gasteiger partial charge in [0.2, 0.25) is 16.3 Å². The zero-order chi connectivity index (χ0) is 36.7. The quantitative estimate of drug-likeness (QED) is 0.0752. The standard InChI is InChI=1S/C37H39N5O9S/c1-49-30-8-10-31(11-9-30)52(47,48)41(16-18-43)17-19-50-36-23-27(25-6-12-33-28(20-25)21-26-4-2-3-5-32(26)33)22-34(51-36)37(44)39-15-14-38-35-13-7-29(24-40-35)42(45)46/h2-13,20,22,24,27,36,43H,14-19,21,23H2,1H3,(H,38,40)(H,39,44)/t27-,36+/m0/s1. The van der Waals surface area contributed by atoms with Crippen molar-refractivity contribution in [1.29, 1.82) is 0 Å². The Hall–Kier alpha value is -5.35. The number of sulfonamides is 1. The van der Waals surface area contributed by atoms with E-state index in [1.54, 1.807) is 18.2 Å². The number of anilines is 1. The number of nitrogens with zero attached hydrogens (tertiary/aromatic N) is 3. The number of carbonyl (C=O) groups is 1. The van der Waals surface area contributed by atoms with Crippen molar-refractivity contribution in [3.63, 3.8) is 0 Å². The number of nitrogens with one attached hydrogen (secondary N) is 2. The van der Waals surface area contributed by atoms with Gasteiger partial charge in [-0.1, -0.05) is 42.5 Å². The highest BCUT2D eigenvalue weighted by atomic mass is 32.2. The fourth-order valence-electron chi connectivity index (χ4n) is 6.25. The molecule has 3 N–H and O–H groups in total. The molecule has 0 bridgehead atoms. The van der Waals surface area contributed by atoms with E-state index in [0.29, 0.717) is 24.5 Å². The summed E-state index contributed by atoms with van der Waals surface area (Å²) >= 11 is 0. The number of fused-ring (bicyclic) bond motifs is 3. The number of rotatable bonds is 16. The number of aromatic nitrogens is 1. The number of amides is 1. The number of hydrogen-bond acceptors (Lipinski definition) is 11. The third kappa shape index (κ3) is 8.40. The maximum atomic E-state index is 13.4. The lowest BCUT2D eigenvalue weighted by atomic mass is 9.90. The molecule has 14 nitrogen and oxygen atoms in total. The van der Waals surface area contributed by atoms with Crippen LogP contribution in [0.3, 0.4) is 0 Å². The van der Waals surface area contributed by atoms with Crippen molar-refractivity contribution in [2.24, 2.45) is 0 Å². The van der Waals surface area contributed by atoms with Gasteiger partial charge in [-0.2, -0.15) is 4.31 Å². The Morgan fingerprint density at radius 1 is 1.04 bits per heavy atom. The lowest BCUT2D eigenvalue weighted by Gasteiger charge is -2.30. The fourth-order valence-corrected chi connectivity index (χ4v) is 7.66. The van der Waals surface area contributed by atoms with Gasteiger partial charge >= 0.3 is 0 Å². The van der Waals surface area contributed by atoms with E-state index in [1.165, 1.54) is 53.6 Å². The maximum Gasteiger partial charge on any atom is 0.287 e. The van der Waals surface area contributed by atoms with Gasteiger partial charge in [0.1, 0.15) is 17.8 Å². The minimum Gasteiger partial charge on any atom is -0.497 e. The SMILES string of the molecule is COc1ccc(S(=O)(=O)N(CCO)CCO[C@H]2C[C@@H](c3ccc4c(c3)Cc3ccccc3-4)C=C(C(=O)NCCNc3ccc([N+](=O)[O-])cn3)O2)cc1. The molecule has 2 aliphatic rings. The third-order valence-corrected chi connectivity index (χ3v) is 10.8. The van der Waals surface area contributed by atoms with Gasteiger partial charge in [0.15, 0.2) is 5.76 Å². The molecule has 0 radical (unpaired) electrons. The van der Waals surface area contributed by atoms with Crippen molar-refractivity contribution < 1.29 is 37.5 Å². The van der Waals surface area contributed by atoms with Crippen molar-refractivity contribution in [2.75, 3.05) is 51.8 Å². The lowest BCUT2D eigenvalue weighted by molar-refractivity contribution is -0.385. The molecular weight excluding hydrogens is 691 g/mol. The van der Waals surface area contributed by atoms with Gasteiger partial charge in [0, 0.05) is 44.6 Å². The van der Waals surface area contributed by atoms with Gasteiger partial charge < -0.3 is 30.0 Å². The first-order valence-corrected chi connectivity index (χ1v) is 18.2. The average molecular weight is 730 g/mol. The van der Waals surface area contributed by atoms with E-state index >= 15 is 0 Å². The van der Waals surface area contributed by atoms with Crippen LogP contribution in [0.15, 0.2) is 102 Å². The van der Waals surface area contributed by atoms with Crippen molar-refractivity contribution in [2.45, 2.75) is 29.9 Å². The van der Waals surface area contributed by atoms with Crippen LogP contribution in [0.4, 0.5) is 11.5 Å². The smallest absolute Gasteiger partial charge is 0.287 e. The van der Waals surface area contributed by atoms with Crippen molar-refractivity contribution in [3.8, 4) is 16.9 Å². The second-order valence-electron chi connectivity index (χ2n) is 12.2. The lowest BCUT2D eigenvalue weighted by Crippen LogP contribution is -2.38. The Labute approximate surface area is 301 Å². The number of aliphatic hydroxyl groups excluding tert-OH is 1. The molecule has 4 aromatic rings. The summed E-state index contributed by atoms with van der Waals surface area (Å²) < 4.78 is 45.2. The largest absolute Gasteiger partial charge is 0.497 e. The molecule has 272 valence electrons. The molecule has 6 rings (SSSR count). The Morgan fingerprint density at radius 3 is 2.56 bits per heavy atom. The van der Waals surface area contributed by atoms with E-state index in [0.717, 1.165) is 22.5 Å². The van der Waals surface area contributed by atoms with Crippen LogP contribution in [-0.4, -0.2) is 86.4 Å². The minimum absolute atomic E-state index is 0.0511. The van der Waals surface area contributed by atoms with E-state index in [4.69, 9.17) is 14.2 Å². The number of benzene rings is 3. The molecular formula is C37H39N5O9S. The summed E-state index contributed by atoms with van der Waals surface area (Å²) in [4.78, 5) is 27.8. The number of pyridine rings is 1. The second-order valence-corrected chi connectivity index (χ2v) is 14.1. The molecule has 0 saturated carbocycles. The van der Waals surface area contributed by atoms with Crippen molar-refractivity contribution >= 4 is 27.4 Å². The predicted octanol–water partition coefficient (Wildman–Crippen LogP) is 4.21. The second kappa shape index (κ2) is 16.3. The molecule has 2 atom stereocenters. The first-order chi connectivity index (χ1) is 25.2. The molecule has 1 aliphatic heterocycles. The number of aliphatic hydroxyl groups is 1. The normalized spacial score (nSPS) is 16.3. The summed E-state index contributed by atoms with van der Waals surface area (Å²) in [6.07, 6.45) is 3.23.